The Morgan fingerprint density at radius 3 is 1.53 bits per heavy atom. The summed E-state index contributed by atoms with van der Waals surface area (Å²) in [6, 6.07) is 0. The molecular weight excluding hydrogens is 272 g/mol. The van der Waals surface area contributed by atoms with Crippen molar-refractivity contribution < 1.29 is 32.4 Å². The molecule has 0 rings (SSSR count). The van der Waals surface area contributed by atoms with E-state index in [0.717, 1.165) is 26.3 Å². The monoisotopic (exact) mass is 290 g/mol. The quantitative estimate of drug-likeness (QED) is 0.505. The van der Waals surface area contributed by atoms with E-state index in [2.05, 4.69) is 6.58 Å². The van der Waals surface area contributed by atoms with Crippen LogP contribution in [0, 0.1) is 0 Å². The highest BCUT2D eigenvalue weighted by Gasteiger charge is 2.52. The summed E-state index contributed by atoms with van der Waals surface area (Å²) in [5.74, 6) is -2.19. The number of carbonyl (C=O) groups is 3. The molecule has 0 aromatic heterocycles. The van der Waals surface area contributed by atoms with Crippen LogP contribution in [0.5, 0.6) is 0 Å². The fourth-order valence-electron chi connectivity index (χ4n) is 1.16. The second-order valence-corrected chi connectivity index (χ2v) is 6.18. The van der Waals surface area contributed by atoms with Crippen LogP contribution < -0.4 is 0 Å². The highest BCUT2D eigenvalue weighted by atomic mass is 28.4. The van der Waals surface area contributed by atoms with Crippen molar-refractivity contribution in [3.8, 4) is 0 Å². The van der Waals surface area contributed by atoms with Gasteiger partial charge >= 0.3 is 8.80 Å². The molecule has 0 heterocycles. The van der Waals surface area contributed by atoms with Gasteiger partial charge in [0.2, 0.25) is 0 Å². The third-order valence-electron chi connectivity index (χ3n) is 1.52. The van der Waals surface area contributed by atoms with E-state index in [0.29, 0.717) is 0 Å². The predicted molar refractivity (Wildman–Crippen MR) is 66.7 cm³/mol. The Balaban J connectivity index is 4.97. The zero-order chi connectivity index (χ0) is 15.1. The summed E-state index contributed by atoms with van der Waals surface area (Å²) in [5.41, 5.74) is 0.719. The van der Waals surface area contributed by atoms with Crippen molar-refractivity contribution in [1.82, 2.24) is 0 Å². The van der Waals surface area contributed by atoms with Crippen molar-refractivity contribution in [3.63, 3.8) is 0 Å². The molecule has 0 amide bonds. The fourth-order valence-corrected chi connectivity index (χ4v) is 3.13. The smallest absolute Gasteiger partial charge is 0.454 e. The Hall–Kier alpha value is -1.67. The number of hydrogen-bond acceptors (Lipinski definition) is 7. The summed E-state index contributed by atoms with van der Waals surface area (Å²) < 4.78 is 19.9. The van der Waals surface area contributed by atoms with Crippen LogP contribution in [-0.4, -0.2) is 39.5 Å². The van der Waals surface area contributed by atoms with Gasteiger partial charge in [-0.1, -0.05) is 12.2 Å². The molecule has 108 valence electrons. The van der Waals surface area contributed by atoms with Gasteiger partial charge in [-0.3, -0.25) is 14.4 Å². The molecule has 0 atom stereocenters. The molecule has 0 unspecified atom stereocenters. The van der Waals surface area contributed by atoms with Gasteiger partial charge < -0.3 is 18.0 Å². The first kappa shape index (κ1) is 17.3. The lowest BCUT2D eigenvalue weighted by Crippen LogP contribution is -2.53. The summed E-state index contributed by atoms with van der Waals surface area (Å²) in [6.45, 7) is 8.87. The minimum Gasteiger partial charge on any atom is -0.454 e. The van der Waals surface area contributed by atoms with E-state index >= 15 is 0 Å². The van der Waals surface area contributed by atoms with E-state index in [9.17, 15) is 14.4 Å². The van der Waals surface area contributed by atoms with Crippen LogP contribution in [0.3, 0.4) is 0 Å². The van der Waals surface area contributed by atoms with E-state index in [-0.39, 0.29) is 12.8 Å². The van der Waals surface area contributed by atoms with Crippen LogP contribution in [0.25, 0.3) is 0 Å². The molecule has 8 heteroatoms. The van der Waals surface area contributed by atoms with Gasteiger partial charge in [-0.05, 0) is 6.92 Å². The molecule has 0 aliphatic carbocycles. The average molecular weight is 290 g/mol. The first-order valence-corrected chi connectivity index (χ1v) is 7.41. The number of ether oxygens (including phenoxy) is 1. The van der Waals surface area contributed by atoms with Crippen LogP contribution in [0.15, 0.2) is 12.2 Å². The number of rotatable bonds is 7. The maximum Gasteiger partial charge on any atom is 0.732 e. The fraction of sp³-hybridized carbons (Fsp3) is 0.545. The summed E-state index contributed by atoms with van der Waals surface area (Å²) in [6.07, 6.45) is -0.307. The van der Waals surface area contributed by atoms with Crippen molar-refractivity contribution in [2.24, 2.45) is 0 Å². The van der Waals surface area contributed by atoms with Crippen LogP contribution >= 0.6 is 0 Å². The summed E-state index contributed by atoms with van der Waals surface area (Å²) >= 11 is 0. The van der Waals surface area contributed by atoms with Gasteiger partial charge in [0.25, 0.3) is 17.9 Å². The molecule has 7 nitrogen and oxygen atoms in total. The molecular formula is C11H18O7Si. The van der Waals surface area contributed by atoms with E-state index in [1.807, 2.05) is 0 Å². The Morgan fingerprint density at radius 2 is 1.26 bits per heavy atom. The van der Waals surface area contributed by atoms with E-state index in [4.69, 9.17) is 18.0 Å². The molecule has 0 saturated carbocycles. The van der Waals surface area contributed by atoms with Crippen LogP contribution in [0.1, 0.15) is 27.7 Å². The Morgan fingerprint density at radius 1 is 0.895 bits per heavy atom. The predicted octanol–water partition coefficient (Wildman–Crippen LogP) is 0.746. The van der Waals surface area contributed by atoms with Gasteiger partial charge in [-0.2, -0.15) is 0 Å². The lowest BCUT2D eigenvalue weighted by Gasteiger charge is -2.25. The molecule has 0 saturated heterocycles. The topological polar surface area (TPSA) is 88.1 Å². The number of carbonyl (C=O) groups excluding carboxylic acids is 3. The maximum atomic E-state index is 11.1. The minimum absolute atomic E-state index is 0.165. The first-order valence-electron chi connectivity index (χ1n) is 5.48. The number of hydrogen-bond donors (Lipinski definition) is 0. The molecule has 0 aromatic rings. The SMILES string of the molecule is C=C(C)COC[Si](OC(C)=O)(OC(C)=O)OC(C)=O. The third kappa shape index (κ3) is 8.11. The largest absolute Gasteiger partial charge is 0.732 e. The van der Waals surface area contributed by atoms with Gasteiger partial charge in [-0.15, -0.1) is 0 Å². The van der Waals surface area contributed by atoms with Gasteiger partial charge in [0, 0.05) is 20.8 Å². The Kier molecular flexibility index (Phi) is 7.02. The third-order valence-corrected chi connectivity index (χ3v) is 3.88. The van der Waals surface area contributed by atoms with E-state index in [1.54, 1.807) is 6.92 Å². The van der Waals surface area contributed by atoms with Gasteiger partial charge in [0.1, 0.15) is 0 Å². The standard InChI is InChI=1S/C11H18O7Si/c1-8(2)6-15-7-19(16-9(3)12,17-10(4)13)18-11(5)14/h1,6-7H2,2-5H3. The molecule has 19 heavy (non-hydrogen) atoms. The lowest BCUT2D eigenvalue weighted by molar-refractivity contribution is -0.149. The van der Waals surface area contributed by atoms with Crippen LogP contribution in [0.4, 0.5) is 0 Å². The molecule has 0 spiro atoms. The summed E-state index contributed by atoms with van der Waals surface area (Å²) in [7, 11) is -3.86. The normalized spacial score (nSPS) is 10.5. The molecule has 0 aliphatic heterocycles. The minimum atomic E-state index is -3.86. The summed E-state index contributed by atoms with van der Waals surface area (Å²) in [5, 5.41) is 0. The van der Waals surface area contributed by atoms with Crippen molar-refractivity contribution in [2.75, 3.05) is 12.8 Å². The van der Waals surface area contributed by atoms with Crippen LogP contribution in [-0.2, 0) is 32.4 Å². The van der Waals surface area contributed by atoms with Crippen LogP contribution in [0.2, 0.25) is 0 Å². The molecule has 0 aliphatic rings. The first-order chi connectivity index (χ1) is 8.67. The van der Waals surface area contributed by atoms with E-state index < -0.39 is 26.7 Å². The van der Waals surface area contributed by atoms with Gasteiger partial charge in [0.15, 0.2) is 6.23 Å². The highest BCUT2D eigenvalue weighted by molar-refractivity contribution is 6.65. The molecule has 0 bridgehead atoms. The summed E-state index contributed by atoms with van der Waals surface area (Å²) in [4.78, 5) is 33.2. The second kappa shape index (κ2) is 7.69. The van der Waals surface area contributed by atoms with Gasteiger partial charge in [-0.25, -0.2) is 0 Å². The average Bonchev–Trinajstić information content (AvgIpc) is 2.12. The van der Waals surface area contributed by atoms with Crippen molar-refractivity contribution in [1.29, 1.82) is 0 Å². The molecule has 0 radical (unpaired) electrons. The van der Waals surface area contributed by atoms with Crippen molar-refractivity contribution in [2.45, 2.75) is 27.7 Å². The van der Waals surface area contributed by atoms with Gasteiger partial charge in [0.05, 0.1) is 6.61 Å². The molecule has 0 fully saturated rings. The lowest BCUT2D eigenvalue weighted by atomic mass is 10.4. The molecule has 0 N–H and O–H groups in total. The van der Waals surface area contributed by atoms with Crippen molar-refractivity contribution >= 4 is 26.7 Å². The highest BCUT2D eigenvalue weighted by Crippen LogP contribution is 2.13. The van der Waals surface area contributed by atoms with Crippen molar-refractivity contribution in [3.05, 3.63) is 12.2 Å². The van der Waals surface area contributed by atoms with E-state index in [1.165, 1.54) is 0 Å². The Labute approximate surface area is 112 Å². The second-order valence-electron chi connectivity index (χ2n) is 3.91. The maximum absolute atomic E-state index is 11.1. The Bertz CT molecular complexity index is 336. The zero-order valence-electron chi connectivity index (χ0n) is 11.5. The molecule has 0 aromatic carbocycles. The zero-order valence-corrected chi connectivity index (χ0v) is 12.5.